The summed E-state index contributed by atoms with van der Waals surface area (Å²) in [6, 6.07) is 9.39. The summed E-state index contributed by atoms with van der Waals surface area (Å²) >= 11 is 0. The van der Waals surface area contributed by atoms with E-state index in [9.17, 15) is 18.0 Å². The van der Waals surface area contributed by atoms with Gasteiger partial charge in [-0.3, -0.25) is 5.32 Å². The number of anilines is 1. The highest BCUT2D eigenvalue weighted by molar-refractivity contribution is 6.13. The number of nitrogens with zero attached hydrogens (tertiary/aromatic N) is 2. The maximum Gasteiger partial charge on any atom is 0.573 e. The number of carbonyl (C=O) groups is 1. The summed E-state index contributed by atoms with van der Waals surface area (Å²) in [7, 11) is 1.35. The van der Waals surface area contributed by atoms with E-state index in [1.807, 2.05) is 13.0 Å². The number of methoxy groups -OCH3 is 1. The second kappa shape index (κ2) is 7.83. The van der Waals surface area contributed by atoms with Gasteiger partial charge in [0.25, 0.3) is 0 Å². The van der Waals surface area contributed by atoms with Crippen LogP contribution in [0.15, 0.2) is 53.5 Å². The van der Waals surface area contributed by atoms with Crippen LogP contribution in [0, 0.1) is 12.3 Å². The summed E-state index contributed by atoms with van der Waals surface area (Å²) < 4.78 is 47.2. The summed E-state index contributed by atoms with van der Waals surface area (Å²) in [5.74, 6) is -0.0340. The minimum absolute atomic E-state index is 0.0720. The van der Waals surface area contributed by atoms with Gasteiger partial charge in [-0.2, -0.15) is 4.99 Å². The molecule has 1 N–H and O–H groups in total. The fourth-order valence-corrected chi connectivity index (χ4v) is 6.36. The minimum atomic E-state index is -4.75. The Bertz CT molecular complexity index is 1300. The molecular weight excluding hydrogens is 471 g/mol. The van der Waals surface area contributed by atoms with Crippen LogP contribution in [-0.2, 0) is 4.74 Å². The fourth-order valence-electron chi connectivity index (χ4n) is 6.36. The van der Waals surface area contributed by atoms with Crippen molar-refractivity contribution in [1.29, 1.82) is 0 Å². The van der Waals surface area contributed by atoms with E-state index in [-0.39, 0.29) is 16.7 Å². The van der Waals surface area contributed by atoms with Crippen molar-refractivity contribution in [2.75, 3.05) is 19.0 Å². The van der Waals surface area contributed by atoms with Gasteiger partial charge in [-0.15, -0.1) is 13.2 Å². The number of guanidine groups is 1. The van der Waals surface area contributed by atoms with E-state index in [0.717, 1.165) is 37.1 Å². The number of ether oxygens (including phenoxy) is 2. The highest BCUT2D eigenvalue weighted by atomic mass is 19.4. The number of hydrogen-bond acceptors (Lipinski definition) is 5. The van der Waals surface area contributed by atoms with Gasteiger partial charge in [0, 0.05) is 24.6 Å². The third-order valence-corrected chi connectivity index (χ3v) is 7.42. The molecule has 2 spiro atoms. The molecule has 190 valence electrons. The number of halogens is 3. The third-order valence-electron chi connectivity index (χ3n) is 7.42. The van der Waals surface area contributed by atoms with Crippen molar-refractivity contribution < 1.29 is 27.4 Å². The van der Waals surface area contributed by atoms with Crippen molar-refractivity contribution in [3.8, 4) is 5.75 Å². The zero-order chi connectivity index (χ0) is 26.1. The molecule has 1 saturated carbocycles. The van der Waals surface area contributed by atoms with Gasteiger partial charge in [0.15, 0.2) is 11.2 Å². The third kappa shape index (κ3) is 3.95. The molecule has 1 saturated heterocycles. The molecule has 36 heavy (non-hydrogen) atoms. The molecule has 2 fully saturated rings. The maximum atomic E-state index is 12.6. The van der Waals surface area contributed by atoms with Crippen LogP contribution in [0.2, 0.25) is 0 Å². The topological polar surface area (TPSA) is 59.9 Å². The summed E-state index contributed by atoms with van der Waals surface area (Å²) in [5.41, 5.74) is 4.69. The largest absolute Gasteiger partial charge is 0.573 e. The lowest BCUT2D eigenvalue weighted by Crippen LogP contribution is -2.47. The predicted molar refractivity (Wildman–Crippen MR) is 133 cm³/mol. The first-order valence-corrected chi connectivity index (χ1v) is 11.8. The van der Waals surface area contributed by atoms with E-state index in [1.54, 1.807) is 6.07 Å². The van der Waals surface area contributed by atoms with E-state index < -0.39 is 12.3 Å². The number of fused-ring (bicyclic) bond motifs is 3. The van der Waals surface area contributed by atoms with Gasteiger partial charge < -0.3 is 9.47 Å². The van der Waals surface area contributed by atoms with Gasteiger partial charge in [-0.05, 0) is 54.7 Å². The Morgan fingerprint density at radius 2 is 1.86 bits per heavy atom. The molecule has 2 unspecified atom stereocenters. The fraction of sp³-hybridized carbons (Fsp3) is 0.407. The highest BCUT2D eigenvalue weighted by Gasteiger charge is 2.77. The summed E-state index contributed by atoms with van der Waals surface area (Å²) in [4.78, 5) is 17.3. The van der Waals surface area contributed by atoms with Crippen LogP contribution in [-0.4, -0.2) is 37.5 Å². The van der Waals surface area contributed by atoms with Crippen LogP contribution in [0.4, 0.5) is 30.2 Å². The van der Waals surface area contributed by atoms with Crippen LogP contribution in [0.3, 0.4) is 0 Å². The number of carbonyl (C=O) groups excluding carboxylic acids is 1. The molecule has 2 atom stereocenters. The number of quaternary nitrogens is 1. The zero-order valence-electron chi connectivity index (χ0n) is 20.8. The van der Waals surface area contributed by atoms with Crippen LogP contribution in [0.25, 0.3) is 0 Å². The first-order chi connectivity index (χ1) is 16.8. The Morgan fingerprint density at radius 3 is 2.47 bits per heavy atom. The molecule has 1 aliphatic carbocycles. The van der Waals surface area contributed by atoms with Gasteiger partial charge in [0.05, 0.1) is 12.7 Å². The first kappa shape index (κ1) is 24.4. The van der Waals surface area contributed by atoms with Crippen molar-refractivity contribution in [3.05, 3.63) is 59.7 Å². The molecule has 9 heteroatoms. The Balaban J connectivity index is 1.55. The van der Waals surface area contributed by atoms with E-state index in [2.05, 4.69) is 30.5 Å². The number of hydrogen-bond donors (Lipinski definition) is 1. The molecular formula is C27H29F3N3O3+. The number of rotatable bonds is 3. The number of aryl methyl sites for hydroxylation is 1. The summed E-state index contributed by atoms with van der Waals surface area (Å²) in [6.45, 7) is 11.5. The van der Waals surface area contributed by atoms with Crippen molar-refractivity contribution in [3.63, 3.8) is 0 Å². The van der Waals surface area contributed by atoms with Crippen LogP contribution in [0.5, 0.6) is 5.75 Å². The van der Waals surface area contributed by atoms with Crippen molar-refractivity contribution in [2.45, 2.75) is 51.9 Å². The molecule has 2 heterocycles. The molecule has 5 rings (SSSR count). The predicted octanol–water partition coefficient (Wildman–Crippen LogP) is 6.62. The van der Waals surface area contributed by atoms with Crippen molar-refractivity contribution in [1.82, 2.24) is 4.48 Å². The standard InChI is InChI=1S/C27H29F3N3O3/c1-16-12-25(3,4)14-26(13-16)15-33(26)22-10-17(2)20(23(34)35-5)11-21(22)32-24(33)31-18-6-8-19(9-7-18)36-27(28,29)30/h6-11H,1,12-15H2,2-5H3,(H,31,32)/q+1. The van der Waals surface area contributed by atoms with Gasteiger partial charge in [0.1, 0.15) is 18.0 Å². The lowest BCUT2D eigenvalue weighted by molar-refractivity contribution is -0.274. The minimum Gasteiger partial charge on any atom is -0.465 e. The Kier molecular flexibility index (Phi) is 5.30. The molecule has 2 aromatic carbocycles. The molecule has 0 amide bonds. The van der Waals surface area contributed by atoms with Crippen molar-refractivity contribution in [2.24, 2.45) is 10.4 Å². The lowest BCUT2D eigenvalue weighted by Gasteiger charge is -2.37. The molecule has 0 bridgehead atoms. The van der Waals surface area contributed by atoms with Gasteiger partial charge >= 0.3 is 18.3 Å². The smallest absolute Gasteiger partial charge is 0.465 e. The molecule has 0 radical (unpaired) electrons. The average molecular weight is 501 g/mol. The Labute approximate surface area is 208 Å². The highest BCUT2D eigenvalue weighted by Crippen LogP contribution is 2.64. The summed E-state index contributed by atoms with van der Waals surface area (Å²) in [5, 5.41) is 3.37. The van der Waals surface area contributed by atoms with E-state index >= 15 is 0 Å². The lowest BCUT2D eigenvalue weighted by atomic mass is 9.69. The van der Waals surface area contributed by atoms with Crippen LogP contribution < -0.4 is 14.5 Å². The second-order valence-electron chi connectivity index (χ2n) is 10.9. The summed E-state index contributed by atoms with van der Waals surface area (Å²) in [6.07, 6.45) is -1.97. The second-order valence-corrected chi connectivity index (χ2v) is 10.9. The zero-order valence-corrected chi connectivity index (χ0v) is 20.8. The average Bonchev–Trinajstić information content (AvgIpc) is 3.27. The monoisotopic (exact) mass is 500 g/mol. The first-order valence-electron chi connectivity index (χ1n) is 11.8. The number of aliphatic imine (C=N–C) groups is 1. The van der Waals surface area contributed by atoms with Gasteiger partial charge in [0.2, 0.25) is 0 Å². The maximum absolute atomic E-state index is 12.6. The number of benzene rings is 2. The number of nitrogens with one attached hydrogen (secondary N) is 1. The Hall–Kier alpha value is -3.33. The van der Waals surface area contributed by atoms with Crippen LogP contribution >= 0.6 is 0 Å². The molecule has 2 aromatic rings. The van der Waals surface area contributed by atoms with E-state index in [0.29, 0.717) is 27.4 Å². The molecule has 6 nitrogen and oxygen atoms in total. The SMILES string of the molecule is C=C1CC(C)(C)CC2(C1)C[N+]21C(Nc2ccc(OC(F)(F)F)cc2)=Nc2cc(C(=O)OC)c(C)cc21. The number of alkyl halides is 3. The van der Waals surface area contributed by atoms with Gasteiger partial charge in [-0.1, -0.05) is 26.0 Å². The van der Waals surface area contributed by atoms with Crippen LogP contribution in [0.1, 0.15) is 49.0 Å². The van der Waals surface area contributed by atoms with Crippen molar-refractivity contribution >= 4 is 29.0 Å². The molecule has 0 aromatic heterocycles. The van der Waals surface area contributed by atoms with E-state index in [4.69, 9.17) is 9.73 Å². The number of esters is 1. The molecule has 3 aliphatic rings. The molecule has 2 aliphatic heterocycles. The normalized spacial score (nSPS) is 26.0. The van der Waals surface area contributed by atoms with Gasteiger partial charge in [-0.25, -0.2) is 9.28 Å². The Morgan fingerprint density at radius 1 is 1.17 bits per heavy atom. The quantitative estimate of drug-likeness (QED) is 0.223. The van der Waals surface area contributed by atoms with E-state index in [1.165, 1.54) is 36.9 Å².